The highest BCUT2D eigenvalue weighted by atomic mass is 35.5. The minimum absolute atomic E-state index is 0.152. The van der Waals surface area contributed by atoms with Gasteiger partial charge in [0.1, 0.15) is 28.8 Å². The molecule has 2 aromatic heterocycles. The first kappa shape index (κ1) is 22.4. The molecule has 0 radical (unpaired) electrons. The fraction of sp³-hybridized carbons (Fsp3) is 0.100. The van der Waals surface area contributed by atoms with E-state index in [-0.39, 0.29) is 45.7 Å². The zero-order chi connectivity index (χ0) is 23.4. The molecule has 1 aromatic carbocycles. The molecule has 0 saturated carbocycles. The number of halogens is 1. The van der Waals surface area contributed by atoms with Crippen LogP contribution in [0.25, 0.3) is 23.5 Å². The molecule has 1 N–H and O–H groups in total. The molecule has 0 unspecified atom stereocenters. The first-order valence-electron chi connectivity index (χ1n) is 8.81. The molecule has 0 aliphatic rings. The predicted octanol–water partition coefficient (Wildman–Crippen LogP) is 4.29. The Balaban J connectivity index is 2.05. The van der Waals surface area contributed by atoms with Crippen molar-refractivity contribution in [2.75, 3.05) is 7.11 Å². The molecule has 2 heterocycles. The maximum Gasteiger partial charge on any atom is 0.299 e. The van der Waals surface area contributed by atoms with Gasteiger partial charge in [0.05, 0.1) is 27.6 Å². The van der Waals surface area contributed by atoms with Crippen molar-refractivity contribution in [2.24, 2.45) is 0 Å². The van der Waals surface area contributed by atoms with Crippen LogP contribution in [0.5, 0.6) is 0 Å². The molecule has 12 heteroatoms. The molecular weight excluding hydrogens is 444 g/mol. The Bertz CT molecular complexity index is 1350. The molecule has 0 atom stereocenters. The molecule has 0 fully saturated rings. The molecular formula is C20H13ClN4O7. The number of rotatable bonds is 7. The van der Waals surface area contributed by atoms with Gasteiger partial charge in [-0.2, -0.15) is 5.26 Å². The summed E-state index contributed by atoms with van der Waals surface area (Å²) in [5.41, 5.74) is -2.08. The van der Waals surface area contributed by atoms with Crippen molar-refractivity contribution in [1.29, 1.82) is 5.26 Å². The third kappa shape index (κ3) is 4.41. The Morgan fingerprint density at radius 1 is 1.22 bits per heavy atom. The number of furan rings is 1. The topological polar surface area (TPSA) is 165 Å². The molecule has 0 aliphatic carbocycles. The maximum atomic E-state index is 12.2. The number of hydrogen-bond acceptors (Lipinski definition) is 8. The lowest BCUT2D eigenvalue weighted by Crippen LogP contribution is -2.18. The van der Waals surface area contributed by atoms with Crippen molar-refractivity contribution < 1.29 is 19.0 Å². The van der Waals surface area contributed by atoms with Crippen molar-refractivity contribution in [2.45, 2.75) is 6.61 Å². The van der Waals surface area contributed by atoms with Gasteiger partial charge in [-0.1, -0.05) is 11.6 Å². The number of nitrogens with zero attached hydrogens (tertiary/aromatic N) is 3. The first-order valence-corrected chi connectivity index (χ1v) is 9.19. The van der Waals surface area contributed by atoms with E-state index in [2.05, 4.69) is 4.98 Å². The minimum atomic E-state index is -0.804. The van der Waals surface area contributed by atoms with Crippen molar-refractivity contribution in [1.82, 2.24) is 4.98 Å². The lowest BCUT2D eigenvalue weighted by molar-refractivity contribution is -0.386. The number of pyridine rings is 1. The Labute approximate surface area is 184 Å². The summed E-state index contributed by atoms with van der Waals surface area (Å²) in [5.74, 6) is 0.382. The van der Waals surface area contributed by atoms with Gasteiger partial charge in [-0.05, 0) is 36.4 Å². The van der Waals surface area contributed by atoms with E-state index in [0.717, 1.165) is 0 Å². The normalized spacial score (nSPS) is 10.9. The molecule has 0 spiro atoms. The molecule has 3 aromatic rings. The van der Waals surface area contributed by atoms with Crippen LogP contribution in [0.4, 0.5) is 11.4 Å². The van der Waals surface area contributed by atoms with Gasteiger partial charge in [-0.15, -0.1) is 0 Å². The maximum absolute atomic E-state index is 12.2. The fourth-order valence-electron chi connectivity index (χ4n) is 3.01. The zero-order valence-corrected chi connectivity index (χ0v) is 17.1. The number of nitriles is 1. The van der Waals surface area contributed by atoms with Crippen LogP contribution in [0, 0.1) is 31.6 Å². The van der Waals surface area contributed by atoms with Crippen LogP contribution < -0.4 is 5.56 Å². The monoisotopic (exact) mass is 456 g/mol. The number of nitro groups is 2. The molecule has 0 aliphatic heterocycles. The number of benzene rings is 1. The summed E-state index contributed by atoms with van der Waals surface area (Å²) >= 11 is 5.82. The summed E-state index contributed by atoms with van der Waals surface area (Å²) in [7, 11) is 1.28. The number of aromatic amines is 1. The van der Waals surface area contributed by atoms with Crippen LogP contribution >= 0.6 is 11.6 Å². The largest absolute Gasteiger partial charge is 0.456 e. The van der Waals surface area contributed by atoms with Gasteiger partial charge in [-0.3, -0.25) is 25.0 Å². The second-order valence-corrected chi connectivity index (χ2v) is 6.76. The number of methoxy groups -OCH3 is 1. The number of nitro benzene ring substituents is 1. The highest BCUT2D eigenvalue weighted by Crippen LogP contribution is 2.34. The molecule has 0 amide bonds. The van der Waals surface area contributed by atoms with Crippen LogP contribution in [0.3, 0.4) is 0 Å². The van der Waals surface area contributed by atoms with E-state index in [1.54, 1.807) is 6.07 Å². The van der Waals surface area contributed by atoms with Crippen LogP contribution in [-0.2, 0) is 11.3 Å². The van der Waals surface area contributed by atoms with E-state index in [1.165, 1.54) is 49.6 Å². The fourth-order valence-corrected chi connectivity index (χ4v) is 3.18. The van der Waals surface area contributed by atoms with E-state index < -0.39 is 26.7 Å². The highest BCUT2D eigenvalue weighted by Gasteiger charge is 2.25. The molecule has 0 bridgehead atoms. The SMILES string of the molecule is COCc1c([N+](=O)[O-])c(C=Cc2ccc(-c3ccc(Cl)cc3[N+](=O)[O-])o2)[nH]c(=O)c1C#N. The van der Waals surface area contributed by atoms with Gasteiger partial charge in [0.25, 0.3) is 16.9 Å². The quantitative estimate of drug-likeness (QED) is 0.405. The minimum Gasteiger partial charge on any atom is -0.456 e. The van der Waals surface area contributed by atoms with E-state index >= 15 is 0 Å². The van der Waals surface area contributed by atoms with Gasteiger partial charge in [0.15, 0.2) is 0 Å². The summed E-state index contributed by atoms with van der Waals surface area (Å²) in [6.45, 7) is -0.310. The smallest absolute Gasteiger partial charge is 0.299 e. The summed E-state index contributed by atoms with van der Waals surface area (Å²) in [6, 6.07) is 8.74. The van der Waals surface area contributed by atoms with E-state index in [1.807, 2.05) is 0 Å². The van der Waals surface area contributed by atoms with Crippen LogP contribution in [0.15, 0.2) is 39.5 Å². The summed E-state index contributed by atoms with van der Waals surface area (Å²) in [4.78, 5) is 36.1. The van der Waals surface area contributed by atoms with E-state index in [0.29, 0.717) is 0 Å². The Hall–Kier alpha value is -4.27. The number of ether oxygens (including phenoxy) is 1. The number of hydrogen-bond donors (Lipinski definition) is 1. The van der Waals surface area contributed by atoms with Gasteiger partial charge in [0.2, 0.25) is 0 Å². The molecule has 0 saturated heterocycles. The van der Waals surface area contributed by atoms with Crippen molar-refractivity contribution in [3.05, 3.63) is 88.5 Å². The summed E-state index contributed by atoms with van der Waals surface area (Å²) in [5, 5.41) is 32.3. The Morgan fingerprint density at radius 3 is 2.59 bits per heavy atom. The zero-order valence-electron chi connectivity index (χ0n) is 16.3. The third-order valence-corrected chi connectivity index (χ3v) is 4.60. The first-order chi connectivity index (χ1) is 15.3. The second-order valence-electron chi connectivity index (χ2n) is 6.33. The highest BCUT2D eigenvalue weighted by molar-refractivity contribution is 6.30. The lowest BCUT2D eigenvalue weighted by Gasteiger charge is -2.06. The van der Waals surface area contributed by atoms with Gasteiger partial charge >= 0.3 is 0 Å². The van der Waals surface area contributed by atoms with Crippen molar-refractivity contribution >= 4 is 35.1 Å². The molecule has 3 rings (SSSR count). The average molecular weight is 457 g/mol. The van der Waals surface area contributed by atoms with Gasteiger partial charge in [0, 0.05) is 18.2 Å². The Morgan fingerprint density at radius 2 is 1.97 bits per heavy atom. The van der Waals surface area contributed by atoms with Gasteiger partial charge < -0.3 is 14.1 Å². The number of H-pyrrole nitrogens is 1. The summed E-state index contributed by atoms with van der Waals surface area (Å²) in [6.07, 6.45) is 2.57. The van der Waals surface area contributed by atoms with Crippen molar-refractivity contribution in [3.63, 3.8) is 0 Å². The molecule has 162 valence electrons. The van der Waals surface area contributed by atoms with Crippen LogP contribution in [0.2, 0.25) is 5.02 Å². The Kier molecular flexibility index (Phi) is 6.48. The van der Waals surface area contributed by atoms with Crippen LogP contribution in [0.1, 0.15) is 22.6 Å². The average Bonchev–Trinajstić information content (AvgIpc) is 3.21. The number of aromatic nitrogens is 1. The standard InChI is InChI=1S/C20H13ClN4O7/c1-31-10-15-14(9-22)20(26)23-16(19(15)25(29)30)6-3-12-4-7-18(32-12)13-5-2-11(21)8-17(13)24(27)28/h2-8H,10H2,1H3,(H,23,26). The predicted molar refractivity (Wildman–Crippen MR) is 114 cm³/mol. The summed E-state index contributed by atoms with van der Waals surface area (Å²) < 4.78 is 10.5. The lowest BCUT2D eigenvalue weighted by atomic mass is 10.1. The number of nitrogens with one attached hydrogen (secondary N) is 1. The van der Waals surface area contributed by atoms with Crippen LogP contribution in [-0.4, -0.2) is 21.9 Å². The van der Waals surface area contributed by atoms with E-state index in [9.17, 15) is 30.3 Å². The molecule has 11 nitrogen and oxygen atoms in total. The van der Waals surface area contributed by atoms with Crippen molar-refractivity contribution in [3.8, 4) is 17.4 Å². The molecule has 32 heavy (non-hydrogen) atoms. The third-order valence-electron chi connectivity index (χ3n) is 4.36. The second kappa shape index (κ2) is 9.25. The van der Waals surface area contributed by atoms with E-state index in [4.69, 9.17) is 20.8 Å². The van der Waals surface area contributed by atoms with Gasteiger partial charge in [-0.25, -0.2) is 0 Å².